The van der Waals surface area contributed by atoms with Gasteiger partial charge in [-0.3, -0.25) is 9.59 Å². The van der Waals surface area contributed by atoms with E-state index in [-0.39, 0.29) is 29.8 Å². The molecule has 2 heterocycles. The molecule has 0 spiro atoms. The van der Waals surface area contributed by atoms with E-state index in [9.17, 15) is 14.4 Å². The van der Waals surface area contributed by atoms with Crippen LogP contribution < -0.4 is 20.2 Å². The smallest absolute Gasteiger partial charge is 0.341 e. The maximum absolute atomic E-state index is 13.0. The lowest BCUT2D eigenvalue weighted by Crippen LogP contribution is -2.21. The van der Waals surface area contributed by atoms with Gasteiger partial charge in [0.2, 0.25) is 11.2 Å². The fourth-order valence-corrected chi connectivity index (χ4v) is 4.94. The van der Waals surface area contributed by atoms with Gasteiger partial charge in [-0.1, -0.05) is 32.9 Å². The summed E-state index contributed by atoms with van der Waals surface area (Å²) < 4.78 is 22.2. The van der Waals surface area contributed by atoms with Crippen LogP contribution in [0.25, 0.3) is 11.0 Å². The first-order chi connectivity index (χ1) is 18.5. The summed E-state index contributed by atoms with van der Waals surface area (Å²) in [5.41, 5.74) is 2.25. The third kappa shape index (κ3) is 6.31. The zero-order valence-electron chi connectivity index (χ0n) is 22.8. The molecule has 0 saturated carbocycles. The fraction of sp³-hybridized carbons (Fsp3) is 0.300. The maximum Gasteiger partial charge on any atom is 0.341 e. The second-order valence-corrected chi connectivity index (χ2v) is 11.2. The normalized spacial score (nSPS) is 11.3. The number of hydrogen-bond donors (Lipinski definition) is 1. The lowest BCUT2D eigenvalue weighted by Gasteiger charge is -2.19. The van der Waals surface area contributed by atoms with Crippen LogP contribution in [-0.2, 0) is 14.9 Å². The molecule has 204 valence electrons. The van der Waals surface area contributed by atoms with Crippen molar-refractivity contribution in [2.24, 2.45) is 0 Å². The van der Waals surface area contributed by atoms with Crippen molar-refractivity contribution in [3.8, 4) is 17.2 Å². The molecule has 1 amide bonds. The number of rotatable bonds is 8. The lowest BCUT2D eigenvalue weighted by atomic mass is 9.87. The highest BCUT2D eigenvalue weighted by Crippen LogP contribution is 2.33. The Morgan fingerprint density at radius 3 is 2.38 bits per heavy atom. The number of aryl methyl sites for hydroxylation is 1. The number of amides is 1. The van der Waals surface area contributed by atoms with Gasteiger partial charge in [0.15, 0.2) is 6.61 Å². The second kappa shape index (κ2) is 11.3. The molecule has 0 atom stereocenters. The van der Waals surface area contributed by atoms with E-state index in [1.165, 1.54) is 23.7 Å². The van der Waals surface area contributed by atoms with Gasteiger partial charge < -0.3 is 23.9 Å². The standard InChI is InChI=1S/C30H31NO7S/c1-7-35-29(34)26-17(2)18(3)39-28(26)31-25(32)16-36-21-12-13-22-23(14-21)37-15-24(27(22)33)38-20-10-8-19(9-11-20)30(4,5)6/h8-15H,7,16H2,1-6H3,(H,31,32). The third-order valence-corrected chi connectivity index (χ3v) is 7.27. The van der Waals surface area contributed by atoms with Crippen molar-refractivity contribution in [1.29, 1.82) is 0 Å². The third-order valence-electron chi connectivity index (χ3n) is 6.15. The van der Waals surface area contributed by atoms with Crippen LogP contribution in [0.4, 0.5) is 5.00 Å². The van der Waals surface area contributed by atoms with E-state index < -0.39 is 11.9 Å². The highest BCUT2D eigenvalue weighted by molar-refractivity contribution is 7.16. The number of carbonyl (C=O) groups is 2. The van der Waals surface area contributed by atoms with Gasteiger partial charge in [0.25, 0.3) is 5.91 Å². The zero-order valence-corrected chi connectivity index (χ0v) is 23.6. The van der Waals surface area contributed by atoms with Gasteiger partial charge in [-0.15, -0.1) is 11.3 Å². The molecule has 4 aromatic rings. The number of anilines is 1. The molecule has 2 aromatic carbocycles. The van der Waals surface area contributed by atoms with E-state index in [0.717, 1.165) is 16.0 Å². The second-order valence-electron chi connectivity index (χ2n) is 10.0. The van der Waals surface area contributed by atoms with Crippen molar-refractivity contribution < 1.29 is 28.2 Å². The summed E-state index contributed by atoms with van der Waals surface area (Å²) in [5, 5.41) is 3.47. The van der Waals surface area contributed by atoms with E-state index >= 15 is 0 Å². The Labute approximate surface area is 230 Å². The topological polar surface area (TPSA) is 104 Å². The molecule has 0 radical (unpaired) electrons. The molecule has 1 N–H and O–H groups in total. The number of benzene rings is 2. The Kier molecular flexibility index (Phi) is 8.11. The van der Waals surface area contributed by atoms with Crippen LogP contribution in [0, 0.1) is 13.8 Å². The highest BCUT2D eigenvalue weighted by Gasteiger charge is 2.22. The Morgan fingerprint density at radius 1 is 1.03 bits per heavy atom. The van der Waals surface area contributed by atoms with Crippen molar-refractivity contribution in [1.82, 2.24) is 0 Å². The number of nitrogens with one attached hydrogen (secondary N) is 1. The molecule has 0 aliphatic rings. The maximum atomic E-state index is 13.0. The van der Waals surface area contributed by atoms with Crippen LogP contribution in [-0.4, -0.2) is 25.1 Å². The van der Waals surface area contributed by atoms with Crippen LogP contribution in [0.1, 0.15) is 54.1 Å². The number of thiophene rings is 1. The largest absolute Gasteiger partial charge is 0.484 e. The van der Waals surface area contributed by atoms with E-state index in [1.54, 1.807) is 19.1 Å². The molecule has 4 rings (SSSR count). The Balaban J connectivity index is 1.44. The molecule has 8 nitrogen and oxygen atoms in total. The van der Waals surface area contributed by atoms with Gasteiger partial charge in [0.1, 0.15) is 28.3 Å². The molecule has 0 saturated heterocycles. The minimum Gasteiger partial charge on any atom is -0.484 e. The van der Waals surface area contributed by atoms with E-state index in [0.29, 0.717) is 33.0 Å². The summed E-state index contributed by atoms with van der Waals surface area (Å²) in [4.78, 5) is 38.8. The van der Waals surface area contributed by atoms with Crippen LogP contribution in [0.15, 0.2) is 57.9 Å². The van der Waals surface area contributed by atoms with Gasteiger partial charge in [-0.25, -0.2) is 4.79 Å². The SMILES string of the molecule is CCOC(=O)c1c(NC(=O)COc2ccc3c(=O)c(Oc4ccc(C(C)(C)C)cc4)coc3c2)sc(C)c1C. The van der Waals surface area contributed by atoms with E-state index in [2.05, 4.69) is 26.1 Å². The first-order valence-electron chi connectivity index (χ1n) is 12.5. The van der Waals surface area contributed by atoms with E-state index in [1.807, 2.05) is 38.1 Å². The van der Waals surface area contributed by atoms with Gasteiger partial charge >= 0.3 is 5.97 Å². The number of ether oxygens (including phenoxy) is 3. The molecule has 0 unspecified atom stereocenters. The summed E-state index contributed by atoms with van der Waals surface area (Å²) in [7, 11) is 0. The first-order valence-corrected chi connectivity index (χ1v) is 13.3. The predicted octanol–water partition coefficient (Wildman–Crippen LogP) is 6.76. The van der Waals surface area contributed by atoms with Crippen LogP contribution in [0.3, 0.4) is 0 Å². The van der Waals surface area contributed by atoms with Crippen LogP contribution in [0.5, 0.6) is 17.2 Å². The minimum absolute atomic E-state index is 0.00851. The number of carbonyl (C=O) groups excluding carboxylic acids is 2. The average molecular weight is 550 g/mol. The van der Waals surface area contributed by atoms with Gasteiger partial charge in [0, 0.05) is 10.9 Å². The average Bonchev–Trinajstić information content (AvgIpc) is 3.16. The molecular formula is C30H31NO7S. The quantitative estimate of drug-likeness (QED) is 0.242. The van der Waals surface area contributed by atoms with Crippen LogP contribution >= 0.6 is 11.3 Å². The Bertz CT molecular complexity index is 1580. The van der Waals surface area contributed by atoms with Gasteiger partial charge in [-0.2, -0.15) is 0 Å². The summed E-state index contributed by atoms with van der Waals surface area (Å²) >= 11 is 1.30. The minimum atomic E-state index is -0.481. The van der Waals surface area contributed by atoms with Crippen molar-refractivity contribution in [3.63, 3.8) is 0 Å². The van der Waals surface area contributed by atoms with Gasteiger partial charge in [0.05, 0.1) is 17.6 Å². The van der Waals surface area contributed by atoms with Crippen LogP contribution in [0.2, 0.25) is 0 Å². The summed E-state index contributed by atoms with van der Waals surface area (Å²) in [5.74, 6) is 0.0206. The lowest BCUT2D eigenvalue weighted by molar-refractivity contribution is -0.118. The Hall–Kier alpha value is -4.11. The summed E-state index contributed by atoms with van der Waals surface area (Å²) in [6, 6.07) is 12.3. The Morgan fingerprint density at radius 2 is 1.72 bits per heavy atom. The highest BCUT2D eigenvalue weighted by atomic mass is 32.1. The summed E-state index contributed by atoms with van der Waals surface area (Å²) in [6.45, 7) is 11.7. The first kappa shape index (κ1) is 27.9. The molecule has 9 heteroatoms. The number of esters is 1. The number of fused-ring (bicyclic) bond motifs is 1. The molecule has 0 bridgehead atoms. The number of hydrogen-bond acceptors (Lipinski definition) is 8. The zero-order chi connectivity index (χ0) is 28.3. The van der Waals surface area contributed by atoms with Crippen molar-refractivity contribution in [3.05, 3.63) is 80.5 Å². The van der Waals surface area contributed by atoms with Gasteiger partial charge in [-0.05, 0) is 61.6 Å². The fourth-order valence-electron chi connectivity index (χ4n) is 3.88. The molecule has 0 aliphatic carbocycles. The monoisotopic (exact) mass is 549 g/mol. The van der Waals surface area contributed by atoms with Crippen molar-refractivity contribution >= 4 is 39.2 Å². The van der Waals surface area contributed by atoms with E-state index in [4.69, 9.17) is 18.6 Å². The molecular weight excluding hydrogens is 518 g/mol. The van der Waals surface area contributed by atoms with Crippen molar-refractivity contribution in [2.45, 2.75) is 47.0 Å². The molecule has 2 aromatic heterocycles. The molecule has 0 aliphatic heterocycles. The summed E-state index contributed by atoms with van der Waals surface area (Å²) in [6.07, 6.45) is 1.26. The van der Waals surface area contributed by atoms with Crippen molar-refractivity contribution in [2.75, 3.05) is 18.5 Å². The predicted molar refractivity (Wildman–Crippen MR) is 152 cm³/mol. The molecule has 39 heavy (non-hydrogen) atoms. The molecule has 0 fully saturated rings.